The molecule has 0 saturated heterocycles. The van der Waals surface area contributed by atoms with Crippen LogP contribution >= 0.6 is 11.6 Å². The number of aromatic nitrogens is 1. The lowest BCUT2D eigenvalue weighted by atomic mass is 9.84. The van der Waals surface area contributed by atoms with Gasteiger partial charge in [0.05, 0.1) is 22.5 Å². The third-order valence-electron chi connectivity index (χ3n) is 10.7. The van der Waals surface area contributed by atoms with E-state index >= 15 is 0 Å². The summed E-state index contributed by atoms with van der Waals surface area (Å²) in [6, 6.07) is 24.7. The van der Waals surface area contributed by atoms with Gasteiger partial charge in [0, 0.05) is 51.8 Å². The van der Waals surface area contributed by atoms with E-state index in [1.165, 1.54) is 0 Å². The highest BCUT2D eigenvalue weighted by Gasteiger charge is 2.37. The summed E-state index contributed by atoms with van der Waals surface area (Å²) < 4.78 is 69.4. The maximum absolute atomic E-state index is 11.6. The maximum Gasteiger partial charge on any atom is 0.265 e. The van der Waals surface area contributed by atoms with Crippen LogP contribution in [0.15, 0.2) is 107 Å². The number of fused-ring (bicyclic) bond motifs is 2. The molecule has 3 aliphatic rings. The predicted molar refractivity (Wildman–Crippen MR) is 205 cm³/mol. The summed E-state index contributed by atoms with van der Waals surface area (Å²) in [7, 11) is -8.16. The number of hydrogen-bond acceptors (Lipinski definition) is 4. The lowest BCUT2D eigenvalue weighted by Crippen LogP contribution is -2.19. The molecule has 2 heterocycles. The molecule has 0 amide bonds. The topological polar surface area (TPSA) is 117 Å². The second kappa shape index (κ2) is 13.2. The number of benzene rings is 4. The monoisotopic (exact) mass is 741 g/mol. The van der Waals surface area contributed by atoms with Gasteiger partial charge in [0.15, 0.2) is 6.54 Å². The molecule has 4 aromatic carbocycles. The van der Waals surface area contributed by atoms with Crippen LogP contribution in [0.4, 0.5) is 5.69 Å². The fourth-order valence-electron chi connectivity index (χ4n) is 8.55. The number of halogens is 1. The molecule has 1 saturated carbocycles. The molecule has 2 bridgehead atoms. The summed E-state index contributed by atoms with van der Waals surface area (Å²) in [6.45, 7) is 0.861. The van der Waals surface area contributed by atoms with E-state index in [9.17, 15) is 25.9 Å². The summed E-state index contributed by atoms with van der Waals surface area (Å²) >= 11 is 7.34. The second-order valence-corrected chi connectivity index (χ2v) is 17.3. The van der Waals surface area contributed by atoms with Gasteiger partial charge in [-0.2, -0.15) is 21.4 Å². The van der Waals surface area contributed by atoms with Crippen LogP contribution in [0.25, 0.3) is 38.5 Å². The molecule has 1 fully saturated rings. The van der Waals surface area contributed by atoms with E-state index in [4.69, 9.17) is 11.6 Å². The Morgan fingerprint density at radius 2 is 1.45 bits per heavy atom. The van der Waals surface area contributed by atoms with Gasteiger partial charge in [-0.3, -0.25) is 9.11 Å². The molecule has 2 atom stereocenters. The molecule has 1 aromatic heterocycles. The van der Waals surface area contributed by atoms with Crippen molar-refractivity contribution in [3.63, 3.8) is 0 Å². The van der Waals surface area contributed by atoms with Gasteiger partial charge in [-0.05, 0) is 77.6 Å². The van der Waals surface area contributed by atoms with E-state index < -0.39 is 20.2 Å². The van der Waals surface area contributed by atoms with Crippen molar-refractivity contribution in [1.29, 1.82) is 0 Å². The van der Waals surface area contributed by atoms with Gasteiger partial charge >= 0.3 is 0 Å². The Morgan fingerprint density at radius 1 is 0.784 bits per heavy atom. The van der Waals surface area contributed by atoms with E-state index in [2.05, 4.69) is 82.0 Å². The average Bonchev–Trinajstić information content (AvgIpc) is 3.74. The standard InChI is InChI=1S/C40H37ClN2O6S2/c41-40-30(17-19-34-32-11-1-7-26-9-3-13-36(38(26)32)42(34)21-5-23-50(44,45)46)28-15-16-29(25-28)31(40)18-20-35-33-12-2-8-27-10-4-14-37(39(27)33)43(35)22-6-24-51(47,48)49/h1-4,7-14,17-20,28-29H,5-6,15-16,21-25H2,(H-,44,45,46,47,48,49)/p+1. The lowest BCUT2D eigenvalue weighted by molar-refractivity contribution is -0.435. The normalized spacial score (nSPS) is 20.5. The lowest BCUT2D eigenvalue weighted by Gasteiger charge is -2.24. The van der Waals surface area contributed by atoms with E-state index in [1.54, 1.807) is 0 Å². The van der Waals surface area contributed by atoms with Crippen LogP contribution in [0.3, 0.4) is 0 Å². The van der Waals surface area contributed by atoms with Crippen molar-refractivity contribution >= 4 is 81.8 Å². The SMILES string of the molecule is O=S(=O)(O)CCCn1/c(=C\C=C2C(Cl)=C(/C=C/C3=[N+](CCCS(=O)(=O)O)c4cccc5cccc3c45)C3CCC\2C3)c2cccc3cccc1c32. The minimum atomic E-state index is -4.08. The summed E-state index contributed by atoms with van der Waals surface area (Å²) in [5, 5.41) is 7.26. The van der Waals surface area contributed by atoms with E-state index in [-0.39, 0.29) is 24.3 Å². The minimum absolute atomic E-state index is 0.278. The Morgan fingerprint density at radius 3 is 2.22 bits per heavy atom. The first-order valence-corrected chi connectivity index (χ1v) is 20.9. The third-order valence-corrected chi connectivity index (χ3v) is 12.8. The van der Waals surface area contributed by atoms with Crippen molar-refractivity contribution in [2.75, 3.05) is 18.1 Å². The second-order valence-electron chi connectivity index (χ2n) is 13.8. The molecule has 5 aromatic rings. The molecular formula is C40H38ClN2O6S2+. The van der Waals surface area contributed by atoms with Crippen molar-refractivity contribution in [3.05, 3.63) is 118 Å². The molecule has 8 rings (SSSR count). The molecule has 1 aliphatic heterocycles. The molecule has 2 N–H and O–H groups in total. The zero-order valence-electron chi connectivity index (χ0n) is 27.9. The summed E-state index contributed by atoms with van der Waals surface area (Å²) in [5.41, 5.74) is 6.26. The Bertz CT molecular complexity index is 2640. The number of aryl methyl sites for hydroxylation is 1. The molecule has 2 aliphatic carbocycles. The van der Waals surface area contributed by atoms with Gasteiger partial charge in [0.25, 0.3) is 20.2 Å². The third kappa shape index (κ3) is 6.49. The zero-order chi connectivity index (χ0) is 35.5. The van der Waals surface area contributed by atoms with Gasteiger partial charge in [-0.15, -0.1) is 0 Å². The molecule has 2 unspecified atom stereocenters. The Kier molecular flexibility index (Phi) is 8.79. The molecule has 0 radical (unpaired) electrons. The van der Waals surface area contributed by atoms with Gasteiger partial charge in [-0.25, -0.2) is 0 Å². The minimum Gasteiger partial charge on any atom is -0.340 e. The molecule has 11 heteroatoms. The summed E-state index contributed by atoms with van der Waals surface area (Å²) in [6.07, 6.45) is 12.1. The average molecular weight is 742 g/mol. The number of allylic oxidation sites excluding steroid dienone is 6. The van der Waals surface area contributed by atoms with Gasteiger partial charge in [0.1, 0.15) is 0 Å². The van der Waals surface area contributed by atoms with Gasteiger partial charge in [-0.1, -0.05) is 78.4 Å². The van der Waals surface area contributed by atoms with E-state index in [0.29, 0.717) is 24.9 Å². The molecule has 8 nitrogen and oxygen atoms in total. The van der Waals surface area contributed by atoms with Gasteiger partial charge in [0.2, 0.25) is 11.4 Å². The smallest absolute Gasteiger partial charge is 0.265 e. The fraction of sp³-hybridized carbons (Fsp3) is 0.275. The predicted octanol–water partition coefficient (Wildman–Crippen LogP) is 7.56. The van der Waals surface area contributed by atoms with Crippen molar-refractivity contribution in [2.24, 2.45) is 11.8 Å². The highest BCUT2D eigenvalue weighted by atomic mass is 35.5. The van der Waals surface area contributed by atoms with Crippen molar-refractivity contribution in [2.45, 2.75) is 38.6 Å². The molecule has 262 valence electrons. The van der Waals surface area contributed by atoms with Crippen LogP contribution in [-0.4, -0.2) is 58.8 Å². The highest BCUT2D eigenvalue weighted by Crippen LogP contribution is 2.50. The Hall–Kier alpha value is -4.06. The van der Waals surface area contributed by atoms with E-state index in [0.717, 1.165) is 90.2 Å². The Balaban J connectivity index is 1.21. The largest absolute Gasteiger partial charge is 0.340 e. The van der Waals surface area contributed by atoms with Crippen molar-refractivity contribution in [1.82, 2.24) is 4.57 Å². The Labute approximate surface area is 302 Å². The van der Waals surface area contributed by atoms with E-state index in [1.807, 2.05) is 24.3 Å². The number of nitrogens with zero attached hydrogens (tertiary/aromatic N) is 2. The number of hydrogen-bond donors (Lipinski definition) is 2. The zero-order valence-corrected chi connectivity index (χ0v) is 30.3. The molecular weight excluding hydrogens is 704 g/mol. The van der Waals surface area contributed by atoms with Gasteiger partial charge < -0.3 is 4.57 Å². The number of rotatable bonds is 11. The maximum atomic E-state index is 11.6. The fourth-order valence-corrected chi connectivity index (χ4v) is 9.97. The van der Waals surface area contributed by atoms with Crippen LogP contribution in [0.5, 0.6) is 0 Å². The van der Waals surface area contributed by atoms with Crippen LogP contribution in [0, 0.1) is 11.8 Å². The first kappa shape index (κ1) is 34.0. The quantitative estimate of drug-likeness (QED) is 0.107. The van der Waals surface area contributed by atoms with Crippen molar-refractivity contribution in [3.8, 4) is 0 Å². The van der Waals surface area contributed by atoms with Crippen LogP contribution in [-0.2, 0) is 26.8 Å². The molecule has 0 spiro atoms. The highest BCUT2D eigenvalue weighted by molar-refractivity contribution is 7.86. The summed E-state index contributed by atoms with van der Waals surface area (Å²) in [5.74, 6) is 0.0411. The van der Waals surface area contributed by atoms with Crippen LogP contribution < -0.4 is 5.35 Å². The molecule has 51 heavy (non-hydrogen) atoms. The summed E-state index contributed by atoms with van der Waals surface area (Å²) in [4.78, 5) is 0. The first-order chi connectivity index (χ1) is 24.5. The van der Waals surface area contributed by atoms with Crippen LogP contribution in [0.1, 0.15) is 37.7 Å². The van der Waals surface area contributed by atoms with Crippen LogP contribution in [0.2, 0.25) is 0 Å². The first-order valence-electron chi connectivity index (χ1n) is 17.3. The van der Waals surface area contributed by atoms with Crippen molar-refractivity contribution < 1.29 is 30.5 Å².